The molecule has 3 rings (SSSR count). The first-order valence-corrected chi connectivity index (χ1v) is 11.9. The minimum absolute atomic E-state index is 0.105. The number of carbonyl (C=O) groups is 2. The fourth-order valence-electron chi connectivity index (χ4n) is 3.33. The van der Waals surface area contributed by atoms with Gasteiger partial charge in [0.2, 0.25) is 5.91 Å². The maximum atomic E-state index is 12.8. The summed E-state index contributed by atoms with van der Waals surface area (Å²) in [5, 5.41) is 15.2. The Morgan fingerprint density at radius 2 is 1.70 bits per heavy atom. The third kappa shape index (κ3) is 6.22. The van der Waals surface area contributed by atoms with Gasteiger partial charge in [0, 0.05) is 18.3 Å². The standard InChI is InChI=1S/C25H31N5O2S/c1-15(2)22(27-24(32)19-10-7-16(3)8-11-19)23-28-29-25(30(23)6)33-14-21(31)26-20-12-9-17(4)18(5)13-20/h7-13,15,22H,14H2,1-6H3,(H,26,31)(H,27,32)/t22-/m1/s1. The van der Waals surface area contributed by atoms with Gasteiger partial charge in [-0.25, -0.2) is 0 Å². The van der Waals surface area contributed by atoms with Crippen LogP contribution in [-0.2, 0) is 11.8 Å². The van der Waals surface area contributed by atoms with Crippen molar-refractivity contribution in [3.63, 3.8) is 0 Å². The quantitative estimate of drug-likeness (QED) is 0.475. The molecule has 0 bridgehead atoms. The SMILES string of the molecule is Cc1ccc(C(=O)N[C@@H](c2nnc(SCC(=O)Nc3ccc(C)c(C)c3)n2C)C(C)C)cc1. The summed E-state index contributed by atoms with van der Waals surface area (Å²) in [6, 6.07) is 13.0. The molecule has 2 aromatic carbocycles. The Hall–Kier alpha value is -3.13. The predicted octanol–water partition coefficient (Wildman–Crippen LogP) is 4.60. The maximum Gasteiger partial charge on any atom is 0.251 e. The Labute approximate surface area is 199 Å². The number of amides is 2. The second-order valence-corrected chi connectivity index (χ2v) is 9.54. The summed E-state index contributed by atoms with van der Waals surface area (Å²) in [6.45, 7) is 10.1. The van der Waals surface area contributed by atoms with Crippen LogP contribution in [0.25, 0.3) is 0 Å². The van der Waals surface area contributed by atoms with Crippen molar-refractivity contribution >= 4 is 29.3 Å². The molecule has 0 spiro atoms. The van der Waals surface area contributed by atoms with E-state index in [9.17, 15) is 9.59 Å². The number of rotatable bonds is 8. The molecule has 2 amide bonds. The van der Waals surface area contributed by atoms with E-state index in [1.807, 2.05) is 88.7 Å². The number of hydrogen-bond donors (Lipinski definition) is 2. The Kier molecular flexibility index (Phi) is 7.92. The van der Waals surface area contributed by atoms with E-state index in [0.29, 0.717) is 16.5 Å². The highest BCUT2D eigenvalue weighted by atomic mass is 32.2. The third-order valence-corrected chi connectivity index (χ3v) is 6.56. The Morgan fingerprint density at radius 3 is 2.33 bits per heavy atom. The predicted molar refractivity (Wildman–Crippen MR) is 132 cm³/mol. The van der Waals surface area contributed by atoms with Gasteiger partial charge in [0.1, 0.15) is 0 Å². The van der Waals surface area contributed by atoms with E-state index in [4.69, 9.17) is 0 Å². The Morgan fingerprint density at radius 1 is 1.00 bits per heavy atom. The second kappa shape index (κ2) is 10.7. The lowest BCUT2D eigenvalue weighted by Gasteiger charge is -2.21. The smallest absolute Gasteiger partial charge is 0.251 e. The van der Waals surface area contributed by atoms with Crippen LogP contribution in [0.1, 0.15) is 52.8 Å². The van der Waals surface area contributed by atoms with E-state index < -0.39 is 0 Å². The average Bonchev–Trinajstić information content (AvgIpc) is 3.13. The van der Waals surface area contributed by atoms with Crippen LogP contribution in [0.5, 0.6) is 0 Å². The van der Waals surface area contributed by atoms with Gasteiger partial charge in [-0.2, -0.15) is 0 Å². The van der Waals surface area contributed by atoms with Gasteiger partial charge >= 0.3 is 0 Å². The van der Waals surface area contributed by atoms with Crippen molar-refractivity contribution in [2.45, 2.75) is 45.8 Å². The van der Waals surface area contributed by atoms with Gasteiger partial charge in [-0.15, -0.1) is 10.2 Å². The molecule has 3 aromatic rings. The highest BCUT2D eigenvalue weighted by Gasteiger charge is 2.25. The fourth-order valence-corrected chi connectivity index (χ4v) is 4.05. The highest BCUT2D eigenvalue weighted by molar-refractivity contribution is 7.99. The number of hydrogen-bond acceptors (Lipinski definition) is 5. The van der Waals surface area contributed by atoms with Crippen molar-refractivity contribution in [3.05, 3.63) is 70.5 Å². The molecular weight excluding hydrogens is 434 g/mol. The molecular formula is C25H31N5O2S. The maximum absolute atomic E-state index is 12.8. The number of nitrogens with zero attached hydrogens (tertiary/aromatic N) is 3. The fraction of sp³-hybridized carbons (Fsp3) is 0.360. The van der Waals surface area contributed by atoms with E-state index in [-0.39, 0.29) is 29.5 Å². The molecule has 0 saturated carbocycles. The van der Waals surface area contributed by atoms with E-state index in [1.165, 1.54) is 17.3 Å². The van der Waals surface area contributed by atoms with Crippen molar-refractivity contribution in [2.24, 2.45) is 13.0 Å². The first-order chi connectivity index (χ1) is 15.7. The highest BCUT2D eigenvalue weighted by Crippen LogP contribution is 2.25. The van der Waals surface area contributed by atoms with Gasteiger partial charge in [-0.05, 0) is 62.1 Å². The summed E-state index contributed by atoms with van der Waals surface area (Å²) in [4.78, 5) is 25.2. The summed E-state index contributed by atoms with van der Waals surface area (Å²) < 4.78 is 1.84. The van der Waals surface area contributed by atoms with Crippen LogP contribution in [0, 0.1) is 26.7 Å². The van der Waals surface area contributed by atoms with Crippen LogP contribution in [0.15, 0.2) is 47.6 Å². The van der Waals surface area contributed by atoms with E-state index in [2.05, 4.69) is 20.8 Å². The molecule has 8 heteroatoms. The molecule has 174 valence electrons. The van der Waals surface area contributed by atoms with Crippen LogP contribution in [0.3, 0.4) is 0 Å². The van der Waals surface area contributed by atoms with Crippen molar-refractivity contribution in [3.8, 4) is 0 Å². The zero-order valence-electron chi connectivity index (χ0n) is 20.0. The van der Waals surface area contributed by atoms with Crippen LogP contribution in [-0.4, -0.2) is 32.3 Å². The van der Waals surface area contributed by atoms with Crippen LogP contribution >= 0.6 is 11.8 Å². The zero-order valence-corrected chi connectivity index (χ0v) is 20.8. The molecule has 0 aliphatic rings. The van der Waals surface area contributed by atoms with Crippen LogP contribution in [0.2, 0.25) is 0 Å². The van der Waals surface area contributed by atoms with Gasteiger partial charge in [-0.3, -0.25) is 9.59 Å². The van der Waals surface area contributed by atoms with Crippen molar-refractivity contribution < 1.29 is 9.59 Å². The number of benzene rings is 2. The van der Waals surface area contributed by atoms with Gasteiger partial charge < -0.3 is 15.2 Å². The van der Waals surface area contributed by atoms with Crippen molar-refractivity contribution in [1.29, 1.82) is 0 Å². The lowest BCUT2D eigenvalue weighted by atomic mass is 10.0. The number of aromatic nitrogens is 3. The number of anilines is 1. The third-order valence-electron chi connectivity index (χ3n) is 5.54. The average molecular weight is 466 g/mol. The molecule has 0 fully saturated rings. The van der Waals surface area contributed by atoms with Gasteiger partial charge in [-0.1, -0.05) is 49.4 Å². The topological polar surface area (TPSA) is 88.9 Å². The second-order valence-electron chi connectivity index (χ2n) is 8.60. The number of aryl methyl sites for hydroxylation is 3. The number of nitrogens with one attached hydrogen (secondary N) is 2. The largest absolute Gasteiger partial charge is 0.342 e. The lowest BCUT2D eigenvalue weighted by molar-refractivity contribution is -0.113. The van der Waals surface area contributed by atoms with Crippen LogP contribution in [0.4, 0.5) is 5.69 Å². The molecule has 0 saturated heterocycles. The van der Waals surface area contributed by atoms with Gasteiger partial charge in [0.25, 0.3) is 5.91 Å². The normalized spacial score (nSPS) is 12.0. The monoisotopic (exact) mass is 465 g/mol. The summed E-state index contributed by atoms with van der Waals surface area (Å²) in [5.74, 6) is 0.705. The molecule has 33 heavy (non-hydrogen) atoms. The summed E-state index contributed by atoms with van der Waals surface area (Å²) in [5.41, 5.74) is 4.80. The van der Waals surface area contributed by atoms with E-state index >= 15 is 0 Å². The lowest BCUT2D eigenvalue weighted by Crippen LogP contribution is -2.33. The van der Waals surface area contributed by atoms with Crippen LogP contribution < -0.4 is 10.6 Å². The zero-order chi connectivity index (χ0) is 24.1. The Balaban J connectivity index is 1.65. The molecule has 2 N–H and O–H groups in total. The van der Waals surface area contributed by atoms with Gasteiger partial charge in [0.15, 0.2) is 11.0 Å². The van der Waals surface area contributed by atoms with Crippen molar-refractivity contribution in [1.82, 2.24) is 20.1 Å². The van der Waals surface area contributed by atoms with Crippen molar-refractivity contribution in [2.75, 3.05) is 11.1 Å². The molecule has 1 heterocycles. The molecule has 0 unspecified atom stereocenters. The molecule has 1 atom stereocenters. The summed E-state index contributed by atoms with van der Waals surface area (Å²) in [7, 11) is 1.85. The number of carbonyl (C=O) groups excluding carboxylic acids is 2. The van der Waals surface area contributed by atoms with E-state index in [0.717, 1.165) is 16.8 Å². The summed E-state index contributed by atoms with van der Waals surface area (Å²) >= 11 is 1.31. The first-order valence-electron chi connectivity index (χ1n) is 10.9. The minimum Gasteiger partial charge on any atom is -0.342 e. The summed E-state index contributed by atoms with van der Waals surface area (Å²) in [6.07, 6.45) is 0. The van der Waals surface area contributed by atoms with Gasteiger partial charge in [0.05, 0.1) is 11.8 Å². The molecule has 0 radical (unpaired) electrons. The molecule has 0 aliphatic heterocycles. The first kappa shape index (κ1) is 24.5. The molecule has 0 aliphatic carbocycles. The number of thioether (sulfide) groups is 1. The Bertz CT molecular complexity index is 1140. The molecule has 1 aromatic heterocycles. The van der Waals surface area contributed by atoms with E-state index in [1.54, 1.807) is 0 Å². The minimum atomic E-state index is -0.310. The molecule has 7 nitrogen and oxygen atoms in total.